The third-order valence-corrected chi connectivity index (χ3v) is 5.90. The van der Waals surface area contributed by atoms with Crippen LogP contribution in [0.4, 0.5) is 4.79 Å². The highest BCUT2D eigenvalue weighted by molar-refractivity contribution is 9.10. The second-order valence-electron chi connectivity index (χ2n) is 9.46. The molecule has 0 aliphatic carbocycles. The third-order valence-electron chi connectivity index (χ3n) is 5.37. The fourth-order valence-corrected chi connectivity index (χ4v) is 3.97. The standard InChI is InChI=1S/C27H29BrN4O3/c1-17-24-13-19(7-10-25(24)32-31-17)20-12-23(15-29-14-20)34-16-22(30-26(33)35-27(2,3)4)11-18-5-8-21(28)9-6-18/h5-10,12-15,22H,11,16H2,1-4H3,(H,30,33)(H,31,32)/t22-/m0/s1. The van der Waals surface area contributed by atoms with Gasteiger partial charge in [0, 0.05) is 21.6 Å². The van der Waals surface area contributed by atoms with Crippen LogP contribution in [0.5, 0.6) is 5.75 Å². The molecule has 8 heteroatoms. The molecule has 0 fully saturated rings. The van der Waals surface area contributed by atoms with E-state index in [1.54, 1.807) is 6.20 Å². The molecule has 0 saturated carbocycles. The first-order valence-electron chi connectivity index (χ1n) is 11.4. The summed E-state index contributed by atoms with van der Waals surface area (Å²) in [4.78, 5) is 16.8. The highest BCUT2D eigenvalue weighted by atomic mass is 79.9. The quantitative estimate of drug-likeness (QED) is 0.293. The van der Waals surface area contributed by atoms with E-state index in [4.69, 9.17) is 9.47 Å². The highest BCUT2D eigenvalue weighted by Gasteiger charge is 2.20. The second kappa shape index (κ2) is 10.5. The predicted octanol–water partition coefficient (Wildman–Crippen LogP) is 6.21. The summed E-state index contributed by atoms with van der Waals surface area (Å²) < 4.78 is 12.6. The average Bonchev–Trinajstić information content (AvgIpc) is 3.18. The van der Waals surface area contributed by atoms with Crippen molar-refractivity contribution >= 4 is 32.9 Å². The number of ether oxygens (including phenoxy) is 2. The maximum atomic E-state index is 12.5. The van der Waals surface area contributed by atoms with Crippen LogP contribution < -0.4 is 10.1 Å². The number of aryl methyl sites for hydroxylation is 1. The summed E-state index contributed by atoms with van der Waals surface area (Å²) in [7, 11) is 0. The number of fused-ring (bicyclic) bond motifs is 1. The molecule has 0 aliphatic rings. The normalized spacial score (nSPS) is 12.4. The number of alkyl carbamates (subject to hydrolysis) is 1. The van der Waals surface area contributed by atoms with E-state index in [-0.39, 0.29) is 12.6 Å². The molecule has 4 aromatic rings. The summed E-state index contributed by atoms with van der Waals surface area (Å²) >= 11 is 3.46. The van der Waals surface area contributed by atoms with Crippen molar-refractivity contribution in [3.8, 4) is 16.9 Å². The first-order chi connectivity index (χ1) is 16.7. The Morgan fingerprint density at radius 1 is 1.09 bits per heavy atom. The number of aromatic nitrogens is 3. The van der Waals surface area contributed by atoms with Crippen LogP contribution in [0.2, 0.25) is 0 Å². The number of nitrogens with one attached hydrogen (secondary N) is 2. The maximum absolute atomic E-state index is 12.5. The summed E-state index contributed by atoms with van der Waals surface area (Å²) in [5.41, 5.74) is 4.41. The molecule has 2 N–H and O–H groups in total. The van der Waals surface area contributed by atoms with Gasteiger partial charge in [0.2, 0.25) is 0 Å². The minimum atomic E-state index is -0.584. The Hall–Kier alpha value is -3.39. The van der Waals surface area contributed by atoms with Gasteiger partial charge in [-0.15, -0.1) is 0 Å². The molecule has 2 heterocycles. The molecule has 1 atom stereocenters. The van der Waals surface area contributed by atoms with E-state index >= 15 is 0 Å². The minimum Gasteiger partial charge on any atom is -0.490 e. The van der Waals surface area contributed by atoms with Gasteiger partial charge in [-0.05, 0) is 75.6 Å². The Bertz CT molecular complexity index is 1310. The average molecular weight is 537 g/mol. The molecule has 1 amide bonds. The number of halogens is 1. The largest absolute Gasteiger partial charge is 0.490 e. The van der Waals surface area contributed by atoms with Crippen molar-refractivity contribution in [1.82, 2.24) is 20.5 Å². The molecule has 0 aliphatic heterocycles. The molecule has 0 bridgehead atoms. The van der Waals surface area contributed by atoms with Gasteiger partial charge in [-0.25, -0.2) is 4.79 Å². The number of amides is 1. The number of pyridine rings is 1. The topological polar surface area (TPSA) is 89.1 Å². The van der Waals surface area contributed by atoms with Crippen LogP contribution in [0, 0.1) is 6.92 Å². The molecule has 35 heavy (non-hydrogen) atoms. The number of rotatable bonds is 7. The van der Waals surface area contributed by atoms with Crippen molar-refractivity contribution in [2.24, 2.45) is 0 Å². The van der Waals surface area contributed by atoms with E-state index in [1.807, 2.05) is 76.4 Å². The smallest absolute Gasteiger partial charge is 0.408 e. The molecule has 4 rings (SSSR count). The zero-order valence-corrected chi connectivity index (χ0v) is 21.8. The van der Waals surface area contributed by atoms with E-state index < -0.39 is 11.7 Å². The van der Waals surface area contributed by atoms with Crippen LogP contribution in [-0.4, -0.2) is 39.5 Å². The molecule has 7 nitrogen and oxygen atoms in total. The van der Waals surface area contributed by atoms with E-state index in [0.717, 1.165) is 37.8 Å². The summed E-state index contributed by atoms with van der Waals surface area (Å²) in [6.45, 7) is 7.76. The minimum absolute atomic E-state index is 0.264. The fourth-order valence-electron chi connectivity index (χ4n) is 3.71. The maximum Gasteiger partial charge on any atom is 0.408 e. The van der Waals surface area contributed by atoms with Gasteiger partial charge >= 0.3 is 6.09 Å². The Morgan fingerprint density at radius 3 is 2.60 bits per heavy atom. The number of benzene rings is 2. The number of H-pyrrole nitrogens is 1. The summed E-state index contributed by atoms with van der Waals surface area (Å²) in [6, 6.07) is 15.8. The molecule has 2 aromatic carbocycles. The lowest BCUT2D eigenvalue weighted by Crippen LogP contribution is -2.43. The Morgan fingerprint density at radius 2 is 1.86 bits per heavy atom. The Balaban J connectivity index is 1.49. The first kappa shape index (κ1) is 24.7. The van der Waals surface area contributed by atoms with Crippen LogP contribution in [-0.2, 0) is 11.2 Å². The van der Waals surface area contributed by atoms with Crippen LogP contribution >= 0.6 is 15.9 Å². The van der Waals surface area contributed by atoms with E-state index in [0.29, 0.717) is 12.2 Å². The Labute approximate surface area is 213 Å². The van der Waals surface area contributed by atoms with Crippen molar-refractivity contribution in [1.29, 1.82) is 0 Å². The number of nitrogens with zero attached hydrogens (tertiary/aromatic N) is 2. The van der Waals surface area contributed by atoms with Crippen molar-refractivity contribution in [3.05, 3.63) is 76.7 Å². The van der Waals surface area contributed by atoms with Crippen molar-refractivity contribution in [3.63, 3.8) is 0 Å². The van der Waals surface area contributed by atoms with Crippen molar-refractivity contribution < 1.29 is 14.3 Å². The van der Waals surface area contributed by atoms with Gasteiger partial charge in [-0.2, -0.15) is 5.10 Å². The molecule has 2 aromatic heterocycles. The molecule has 0 radical (unpaired) electrons. The molecule has 0 spiro atoms. The van der Waals surface area contributed by atoms with Crippen LogP contribution in [0.15, 0.2) is 65.4 Å². The zero-order valence-electron chi connectivity index (χ0n) is 20.3. The van der Waals surface area contributed by atoms with Crippen LogP contribution in [0.25, 0.3) is 22.0 Å². The SMILES string of the molecule is Cc1n[nH]c2ccc(-c3cncc(OC[C@H](Cc4ccc(Br)cc4)NC(=O)OC(C)(C)C)c3)cc12. The molecule has 0 unspecified atom stereocenters. The lowest BCUT2D eigenvalue weighted by Gasteiger charge is -2.24. The van der Waals surface area contributed by atoms with Gasteiger partial charge in [-0.1, -0.05) is 34.1 Å². The van der Waals surface area contributed by atoms with E-state index in [1.165, 1.54) is 0 Å². The predicted molar refractivity (Wildman–Crippen MR) is 141 cm³/mol. The lowest BCUT2D eigenvalue weighted by molar-refractivity contribution is 0.0487. The van der Waals surface area contributed by atoms with Gasteiger partial charge in [0.1, 0.15) is 18.0 Å². The van der Waals surface area contributed by atoms with Crippen LogP contribution in [0.1, 0.15) is 32.0 Å². The fraction of sp³-hybridized carbons (Fsp3) is 0.296. The number of carbonyl (C=O) groups excluding carboxylic acids is 1. The zero-order chi connectivity index (χ0) is 25.0. The number of hydrogen-bond donors (Lipinski definition) is 2. The van der Waals surface area contributed by atoms with Crippen LogP contribution in [0.3, 0.4) is 0 Å². The van der Waals surface area contributed by atoms with Crippen molar-refractivity contribution in [2.75, 3.05) is 6.61 Å². The first-order valence-corrected chi connectivity index (χ1v) is 12.2. The number of hydrogen-bond acceptors (Lipinski definition) is 5. The lowest BCUT2D eigenvalue weighted by atomic mass is 10.0. The van der Waals surface area contributed by atoms with Gasteiger partial charge in [0.25, 0.3) is 0 Å². The number of aromatic amines is 1. The van der Waals surface area contributed by atoms with Gasteiger partial charge in [0.05, 0.1) is 23.4 Å². The summed E-state index contributed by atoms with van der Waals surface area (Å²) in [5.74, 6) is 0.623. The van der Waals surface area contributed by atoms with E-state index in [9.17, 15) is 4.79 Å². The highest BCUT2D eigenvalue weighted by Crippen LogP contribution is 2.27. The molecule has 0 saturated heterocycles. The van der Waals surface area contributed by atoms with E-state index in [2.05, 4.69) is 42.5 Å². The summed E-state index contributed by atoms with van der Waals surface area (Å²) in [5, 5.41) is 11.3. The molecular weight excluding hydrogens is 508 g/mol. The van der Waals surface area contributed by atoms with Crippen molar-refractivity contribution in [2.45, 2.75) is 45.8 Å². The third kappa shape index (κ3) is 6.82. The number of carbonyl (C=O) groups is 1. The van der Waals surface area contributed by atoms with Gasteiger partial charge in [-0.3, -0.25) is 10.1 Å². The monoisotopic (exact) mass is 536 g/mol. The van der Waals surface area contributed by atoms with Gasteiger partial charge in [0.15, 0.2) is 0 Å². The summed E-state index contributed by atoms with van der Waals surface area (Å²) in [6.07, 6.45) is 3.60. The second-order valence-corrected chi connectivity index (χ2v) is 10.4. The Kier molecular flexibility index (Phi) is 7.40. The van der Waals surface area contributed by atoms with Gasteiger partial charge < -0.3 is 14.8 Å². The molecule has 182 valence electrons. The molecular formula is C27H29BrN4O3.